The molecule has 1 heterocycles. The number of likely N-dealkylation sites (tertiary alicyclic amines) is 1. The summed E-state index contributed by atoms with van der Waals surface area (Å²) in [6.45, 7) is 0.705. The van der Waals surface area contributed by atoms with Gasteiger partial charge in [-0.15, -0.1) is 0 Å². The van der Waals surface area contributed by atoms with Crippen LogP contribution in [0, 0.1) is 11.8 Å². The molecule has 3 atom stereocenters. The van der Waals surface area contributed by atoms with Crippen LogP contribution in [0.25, 0.3) is 0 Å². The number of rotatable bonds is 8. The van der Waals surface area contributed by atoms with Crippen LogP contribution in [0.15, 0.2) is 84.9 Å². The maximum Gasteiger partial charge on any atom is 0.337 e. The smallest absolute Gasteiger partial charge is 0.337 e. The Morgan fingerprint density at radius 3 is 1.74 bits per heavy atom. The van der Waals surface area contributed by atoms with Crippen molar-refractivity contribution in [1.29, 1.82) is 0 Å². The Morgan fingerprint density at radius 2 is 1.26 bits per heavy atom. The van der Waals surface area contributed by atoms with Gasteiger partial charge in [-0.25, -0.2) is 4.79 Å². The summed E-state index contributed by atoms with van der Waals surface area (Å²) >= 11 is 0. The first-order valence-corrected chi connectivity index (χ1v) is 12.6. The number of Topliss-reactive ketones (excluding diaryl/α,β-unsaturated/α-hetero) is 2. The molecule has 1 unspecified atom stereocenters. The molecule has 3 aromatic rings. The van der Waals surface area contributed by atoms with Crippen molar-refractivity contribution in [1.82, 2.24) is 9.80 Å². The number of carbonyl (C=O) groups excluding carboxylic acids is 4. The van der Waals surface area contributed by atoms with Gasteiger partial charge in [-0.2, -0.15) is 0 Å². The number of likely N-dealkylation sites (N-methyl/N-ethyl adjacent to an activating group) is 1. The number of ether oxygens (including phenoxy) is 1. The Hall–Kier alpha value is -4.10. The van der Waals surface area contributed by atoms with Gasteiger partial charge in [0.2, 0.25) is 5.91 Å². The van der Waals surface area contributed by atoms with Gasteiger partial charge in [-0.3, -0.25) is 19.3 Å². The highest BCUT2D eigenvalue weighted by Gasteiger charge is 2.45. The van der Waals surface area contributed by atoms with Crippen LogP contribution >= 0.6 is 0 Å². The number of methoxy groups -OCH3 is 1. The van der Waals surface area contributed by atoms with Gasteiger partial charge in [-0.1, -0.05) is 72.8 Å². The van der Waals surface area contributed by atoms with Crippen molar-refractivity contribution in [2.24, 2.45) is 11.8 Å². The number of benzene rings is 3. The van der Waals surface area contributed by atoms with Crippen LogP contribution in [0.2, 0.25) is 0 Å². The summed E-state index contributed by atoms with van der Waals surface area (Å²) in [5.74, 6) is -2.55. The minimum atomic E-state index is -0.619. The van der Waals surface area contributed by atoms with E-state index < -0.39 is 23.7 Å². The molecule has 38 heavy (non-hydrogen) atoms. The van der Waals surface area contributed by atoms with Gasteiger partial charge in [0.25, 0.3) is 0 Å². The van der Waals surface area contributed by atoms with Crippen LogP contribution in [-0.4, -0.2) is 74.1 Å². The van der Waals surface area contributed by atoms with E-state index in [4.69, 9.17) is 4.74 Å². The molecule has 4 rings (SSSR count). The summed E-state index contributed by atoms with van der Waals surface area (Å²) in [7, 11) is 4.69. The summed E-state index contributed by atoms with van der Waals surface area (Å²) in [6.07, 6.45) is 0. The molecule has 1 aliphatic rings. The molecule has 1 amide bonds. The highest BCUT2D eigenvalue weighted by Crippen LogP contribution is 2.41. The highest BCUT2D eigenvalue weighted by atomic mass is 16.5. The third kappa shape index (κ3) is 5.89. The Kier molecular flexibility index (Phi) is 8.48. The normalized spacial score (nSPS) is 19.4. The lowest BCUT2D eigenvalue weighted by Gasteiger charge is -2.43. The Morgan fingerprint density at radius 1 is 0.763 bits per heavy atom. The number of nitrogens with zero attached hydrogens (tertiary/aromatic N) is 2. The molecule has 0 bridgehead atoms. The lowest BCUT2D eigenvalue weighted by atomic mass is 9.68. The lowest BCUT2D eigenvalue weighted by molar-refractivity contribution is -0.130. The Bertz CT molecular complexity index is 1240. The first-order chi connectivity index (χ1) is 18.3. The topological polar surface area (TPSA) is 84.0 Å². The molecule has 0 saturated carbocycles. The minimum Gasteiger partial charge on any atom is -0.465 e. The number of piperidine rings is 1. The van der Waals surface area contributed by atoms with E-state index >= 15 is 0 Å². The van der Waals surface area contributed by atoms with Crippen LogP contribution in [0.3, 0.4) is 0 Å². The van der Waals surface area contributed by atoms with Crippen LogP contribution in [0.4, 0.5) is 0 Å². The van der Waals surface area contributed by atoms with E-state index in [1.807, 2.05) is 47.4 Å². The van der Waals surface area contributed by atoms with E-state index in [9.17, 15) is 19.2 Å². The molecule has 1 fully saturated rings. The number of hydrogen-bond donors (Lipinski definition) is 0. The summed E-state index contributed by atoms with van der Waals surface area (Å²) in [5.41, 5.74) is 2.15. The van der Waals surface area contributed by atoms with E-state index in [1.54, 1.807) is 56.6 Å². The van der Waals surface area contributed by atoms with E-state index in [-0.39, 0.29) is 24.0 Å². The van der Waals surface area contributed by atoms with E-state index in [1.165, 1.54) is 12.0 Å². The third-order valence-electron chi connectivity index (χ3n) is 7.12. The summed E-state index contributed by atoms with van der Waals surface area (Å²) < 4.78 is 4.93. The second kappa shape index (κ2) is 12.0. The molecule has 0 aromatic heterocycles. The van der Waals surface area contributed by atoms with Crippen molar-refractivity contribution in [3.63, 3.8) is 0 Å². The summed E-state index contributed by atoms with van der Waals surface area (Å²) in [5, 5.41) is 0. The first kappa shape index (κ1) is 26.9. The standard InChI is InChI=1S/C31H32N2O5/c1-32(2)27(34)20-33-18-25(29(35)21-11-6-4-7-12-21)28(23-15-10-16-24(17-23)31(37)38-3)26(19-33)30(36)22-13-8-5-9-14-22/h4-17,25-26,28H,18-20H2,1-3H3/t25-,26+,28?. The molecule has 1 aliphatic heterocycles. The Labute approximate surface area is 223 Å². The molecule has 7 nitrogen and oxygen atoms in total. The minimum absolute atomic E-state index is 0.0963. The average Bonchev–Trinajstić information content (AvgIpc) is 2.96. The van der Waals surface area contributed by atoms with Gasteiger partial charge in [-0.05, 0) is 17.7 Å². The van der Waals surface area contributed by atoms with Gasteiger partial charge in [0.15, 0.2) is 11.6 Å². The fourth-order valence-corrected chi connectivity index (χ4v) is 5.18. The zero-order chi connectivity index (χ0) is 27.2. The SMILES string of the molecule is COC(=O)c1cccc(C2[C@@H](C(=O)c3ccccc3)CN(CC(=O)N(C)C)C[C@H]2C(=O)c2ccccc2)c1. The molecule has 1 saturated heterocycles. The van der Waals surface area contributed by atoms with E-state index in [2.05, 4.69) is 0 Å². The van der Waals surface area contributed by atoms with Crippen molar-refractivity contribution < 1.29 is 23.9 Å². The molecule has 0 radical (unpaired) electrons. The quantitative estimate of drug-likeness (QED) is 0.336. The maximum atomic E-state index is 14.0. The van der Waals surface area contributed by atoms with Gasteiger partial charge >= 0.3 is 5.97 Å². The highest BCUT2D eigenvalue weighted by molar-refractivity contribution is 6.02. The fraction of sp³-hybridized carbons (Fsp3) is 0.290. The Balaban J connectivity index is 1.84. The largest absolute Gasteiger partial charge is 0.465 e. The lowest BCUT2D eigenvalue weighted by Crippen LogP contribution is -2.52. The zero-order valence-electron chi connectivity index (χ0n) is 21.9. The third-order valence-corrected chi connectivity index (χ3v) is 7.12. The summed E-state index contributed by atoms with van der Waals surface area (Å²) in [6, 6.07) is 25.0. The molecule has 0 aliphatic carbocycles. The van der Waals surface area contributed by atoms with Crippen molar-refractivity contribution in [3.8, 4) is 0 Å². The average molecular weight is 513 g/mol. The van der Waals surface area contributed by atoms with Gasteiger partial charge in [0.1, 0.15) is 0 Å². The van der Waals surface area contributed by atoms with Crippen LogP contribution in [-0.2, 0) is 9.53 Å². The van der Waals surface area contributed by atoms with Gasteiger partial charge < -0.3 is 9.64 Å². The fourth-order valence-electron chi connectivity index (χ4n) is 5.18. The van der Waals surface area contributed by atoms with Crippen LogP contribution in [0.5, 0.6) is 0 Å². The number of amides is 1. The first-order valence-electron chi connectivity index (χ1n) is 12.6. The predicted octanol–water partition coefficient (Wildman–Crippen LogP) is 3.96. The predicted molar refractivity (Wildman–Crippen MR) is 144 cm³/mol. The van der Waals surface area contributed by atoms with Gasteiger partial charge in [0, 0.05) is 56.1 Å². The van der Waals surface area contributed by atoms with E-state index in [0.29, 0.717) is 29.8 Å². The molecule has 196 valence electrons. The zero-order valence-corrected chi connectivity index (χ0v) is 21.9. The number of ketones is 2. The molecule has 7 heteroatoms. The maximum absolute atomic E-state index is 14.0. The molecule has 0 N–H and O–H groups in total. The van der Waals surface area contributed by atoms with Crippen LogP contribution < -0.4 is 0 Å². The van der Waals surface area contributed by atoms with Crippen molar-refractivity contribution in [3.05, 3.63) is 107 Å². The molecular formula is C31H32N2O5. The molecule has 0 spiro atoms. The second-order valence-corrected chi connectivity index (χ2v) is 9.80. The second-order valence-electron chi connectivity index (χ2n) is 9.80. The number of esters is 1. The van der Waals surface area contributed by atoms with Crippen molar-refractivity contribution >= 4 is 23.4 Å². The van der Waals surface area contributed by atoms with Crippen molar-refractivity contribution in [2.75, 3.05) is 40.8 Å². The number of carbonyl (C=O) groups is 4. The van der Waals surface area contributed by atoms with Crippen LogP contribution in [0.1, 0.15) is 42.6 Å². The molecular weight excluding hydrogens is 480 g/mol. The van der Waals surface area contributed by atoms with E-state index in [0.717, 1.165) is 5.56 Å². The molecule has 3 aromatic carbocycles. The summed E-state index contributed by atoms with van der Waals surface area (Å²) in [4.78, 5) is 56.4. The van der Waals surface area contributed by atoms with Gasteiger partial charge in [0.05, 0.1) is 19.2 Å². The number of hydrogen-bond acceptors (Lipinski definition) is 6. The van der Waals surface area contributed by atoms with Crippen molar-refractivity contribution in [2.45, 2.75) is 5.92 Å². The monoisotopic (exact) mass is 512 g/mol.